The van der Waals surface area contributed by atoms with Crippen molar-refractivity contribution in [3.63, 3.8) is 0 Å². The maximum atomic E-state index is 13.6. The highest BCUT2D eigenvalue weighted by atomic mass is 19.1. The Hall–Kier alpha value is -3.02. The molecule has 0 spiro atoms. The molecule has 0 bridgehead atoms. The third-order valence-corrected chi connectivity index (χ3v) is 4.16. The van der Waals surface area contributed by atoms with Crippen LogP contribution in [0, 0.1) is 5.82 Å². The van der Waals surface area contributed by atoms with Gasteiger partial charge in [-0.1, -0.05) is 26.0 Å². The van der Waals surface area contributed by atoms with Crippen molar-refractivity contribution >= 4 is 5.91 Å². The average Bonchev–Trinajstić information content (AvgIpc) is 3.05. The van der Waals surface area contributed by atoms with E-state index in [0.717, 1.165) is 11.4 Å². The molecule has 0 atom stereocenters. The molecular weight excluding hydrogens is 331 g/mol. The van der Waals surface area contributed by atoms with Gasteiger partial charge in [0.15, 0.2) is 0 Å². The van der Waals surface area contributed by atoms with Crippen LogP contribution in [0.15, 0.2) is 48.7 Å². The van der Waals surface area contributed by atoms with Crippen LogP contribution in [0.1, 0.15) is 41.3 Å². The monoisotopic (exact) mass is 352 g/mol. The summed E-state index contributed by atoms with van der Waals surface area (Å²) in [7, 11) is 0. The molecule has 5 nitrogen and oxygen atoms in total. The first-order chi connectivity index (χ1) is 12.6. The minimum atomic E-state index is -0.334. The summed E-state index contributed by atoms with van der Waals surface area (Å²) in [5, 5.41) is 7.47. The van der Waals surface area contributed by atoms with Gasteiger partial charge in [-0.15, -0.1) is 0 Å². The first-order valence-corrected chi connectivity index (χ1v) is 8.68. The van der Waals surface area contributed by atoms with Gasteiger partial charge in [0.25, 0.3) is 5.91 Å². The van der Waals surface area contributed by atoms with E-state index in [9.17, 15) is 9.18 Å². The molecule has 2 aromatic heterocycles. The summed E-state index contributed by atoms with van der Waals surface area (Å²) in [6.45, 7) is 4.26. The lowest BCUT2D eigenvalue weighted by atomic mass is 10.1. The number of nitrogens with one attached hydrogen (secondary N) is 1. The van der Waals surface area contributed by atoms with Crippen LogP contribution in [0.2, 0.25) is 0 Å². The molecule has 134 valence electrons. The Bertz CT molecular complexity index is 905. The quantitative estimate of drug-likeness (QED) is 0.739. The zero-order chi connectivity index (χ0) is 18.5. The third kappa shape index (κ3) is 3.64. The molecule has 0 aliphatic carbocycles. The zero-order valence-electron chi connectivity index (χ0n) is 14.9. The maximum absolute atomic E-state index is 13.6. The second-order valence-electron chi connectivity index (χ2n) is 5.87. The molecule has 0 fully saturated rings. The number of rotatable bonds is 6. The minimum Gasteiger partial charge on any atom is -0.346 e. The Labute approximate surface area is 151 Å². The largest absolute Gasteiger partial charge is 0.346 e. The molecule has 0 radical (unpaired) electrons. The topological polar surface area (TPSA) is 59.8 Å². The van der Waals surface area contributed by atoms with Gasteiger partial charge < -0.3 is 5.32 Å². The lowest BCUT2D eigenvalue weighted by Crippen LogP contribution is -2.25. The lowest BCUT2D eigenvalue weighted by Gasteiger charge is -2.09. The molecule has 3 rings (SSSR count). The summed E-state index contributed by atoms with van der Waals surface area (Å²) in [5.74, 6) is -0.522. The van der Waals surface area contributed by atoms with Crippen molar-refractivity contribution in [1.29, 1.82) is 0 Å². The zero-order valence-corrected chi connectivity index (χ0v) is 14.9. The lowest BCUT2D eigenvalue weighted by molar-refractivity contribution is 0.0948. The fraction of sp³-hybridized carbons (Fsp3) is 0.250. The predicted octanol–water partition coefficient (Wildman–Crippen LogP) is 3.46. The van der Waals surface area contributed by atoms with E-state index in [1.807, 2.05) is 32.0 Å². The van der Waals surface area contributed by atoms with E-state index in [2.05, 4.69) is 15.4 Å². The average molecular weight is 352 g/mol. The van der Waals surface area contributed by atoms with E-state index >= 15 is 0 Å². The van der Waals surface area contributed by atoms with Crippen LogP contribution in [-0.2, 0) is 19.4 Å². The van der Waals surface area contributed by atoms with Gasteiger partial charge in [-0.3, -0.25) is 9.78 Å². The molecule has 0 unspecified atom stereocenters. The van der Waals surface area contributed by atoms with Crippen LogP contribution in [0.5, 0.6) is 0 Å². The molecule has 0 aliphatic heterocycles. The van der Waals surface area contributed by atoms with Gasteiger partial charge in [0.2, 0.25) is 0 Å². The summed E-state index contributed by atoms with van der Waals surface area (Å²) in [4.78, 5) is 17.0. The van der Waals surface area contributed by atoms with Crippen LogP contribution in [-0.4, -0.2) is 20.7 Å². The van der Waals surface area contributed by atoms with Gasteiger partial charge in [0.1, 0.15) is 5.82 Å². The number of amides is 1. The molecule has 1 amide bonds. The summed E-state index contributed by atoms with van der Waals surface area (Å²) in [5.41, 5.74) is 3.43. The Morgan fingerprint density at radius 1 is 1.15 bits per heavy atom. The smallest absolute Gasteiger partial charge is 0.255 e. The van der Waals surface area contributed by atoms with Gasteiger partial charge in [0.05, 0.1) is 34.9 Å². The molecule has 0 saturated carbocycles. The van der Waals surface area contributed by atoms with Crippen molar-refractivity contribution < 1.29 is 9.18 Å². The van der Waals surface area contributed by atoms with E-state index in [0.29, 0.717) is 36.3 Å². The number of pyridine rings is 1. The number of hydrogen-bond donors (Lipinski definition) is 1. The number of carbonyl (C=O) groups excluding carboxylic acids is 1. The normalized spacial score (nSPS) is 10.7. The Morgan fingerprint density at radius 3 is 2.65 bits per heavy atom. The van der Waals surface area contributed by atoms with Gasteiger partial charge in [-0.05, 0) is 43.2 Å². The predicted molar refractivity (Wildman–Crippen MR) is 97.7 cm³/mol. The number of aryl methyl sites for hydroxylation is 1. The molecule has 0 aliphatic rings. The van der Waals surface area contributed by atoms with E-state index < -0.39 is 0 Å². The minimum absolute atomic E-state index is 0.188. The van der Waals surface area contributed by atoms with E-state index in [1.54, 1.807) is 23.0 Å². The Kier molecular flexibility index (Phi) is 5.41. The summed E-state index contributed by atoms with van der Waals surface area (Å²) in [6, 6.07) is 11.8. The molecule has 26 heavy (non-hydrogen) atoms. The first kappa shape index (κ1) is 17.8. The number of hydrogen-bond acceptors (Lipinski definition) is 3. The molecule has 0 saturated heterocycles. The SMILES string of the molecule is CCc1nn(-c2cccc(F)c2)c(CC)c1C(=O)NCc1ccccn1. The number of benzene rings is 1. The molecule has 6 heteroatoms. The van der Waals surface area contributed by atoms with Gasteiger partial charge >= 0.3 is 0 Å². The van der Waals surface area contributed by atoms with Gasteiger partial charge in [-0.25, -0.2) is 9.07 Å². The Balaban J connectivity index is 1.94. The number of halogens is 1. The number of nitrogens with zero attached hydrogens (tertiary/aromatic N) is 3. The number of aromatic nitrogens is 3. The summed E-state index contributed by atoms with van der Waals surface area (Å²) in [6.07, 6.45) is 2.91. The first-order valence-electron chi connectivity index (χ1n) is 8.68. The van der Waals surface area contributed by atoms with Crippen LogP contribution in [0.25, 0.3) is 5.69 Å². The second kappa shape index (κ2) is 7.91. The van der Waals surface area contributed by atoms with Crippen molar-refractivity contribution in [2.75, 3.05) is 0 Å². The van der Waals surface area contributed by atoms with Gasteiger partial charge in [0, 0.05) is 6.20 Å². The van der Waals surface area contributed by atoms with E-state index in [4.69, 9.17) is 0 Å². The van der Waals surface area contributed by atoms with Crippen LogP contribution in [0.4, 0.5) is 4.39 Å². The van der Waals surface area contributed by atoms with Crippen molar-refractivity contribution in [1.82, 2.24) is 20.1 Å². The molecule has 1 N–H and O–H groups in total. The Morgan fingerprint density at radius 2 is 2.00 bits per heavy atom. The second-order valence-corrected chi connectivity index (χ2v) is 5.87. The third-order valence-electron chi connectivity index (χ3n) is 4.16. The fourth-order valence-electron chi connectivity index (χ4n) is 2.92. The van der Waals surface area contributed by atoms with Crippen molar-refractivity contribution in [3.8, 4) is 5.69 Å². The molecule has 2 heterocycles. The summed E-state index contributed by atoms with van der Waals surface area (Å²) < 4.78 is 15.3. The van der Waals surface area contributed by atoms with Crippen LogP contribution < -0.4 is 5.32 Å². The van der Waals surface area contributed by atoms with Crippen LogP contribution >= 0.6 is 0 Å². The summed E-state index contributed by atoms with van der Waals surface area (Å²) >= 11 is 0. The highest BCUT2D eigenvalue weighted by molar-refractivity contribution is 5.96. The van der Waals surface area contributed by atoms with Crippen molar-refractivity contribution in [3.05, 3.63) is 77.1 Å². The van der Waals surface area contributed by atoms with Crippen LogP contribution in [0.3, 0.4) is 0 Å². The highest BCUT2D eigenvalue weighted by Gasteiger charge is 2.22. The maximum Gasteiger partial charge on any atom is 0.255 e. The highest BCUT2D eigenvalue weighted by Crippen LogP contribution is 2.21. The van der Waals surface area contributed by atoms with Gasteiger partial charge in [-0.2, -0.15) is 5.10 Å². The van der Waals surface area contributed by atoms with E-state index in [1.165, 1.54) is 12.1 Å². The standard InChI is InChI=1S/C20H21FN4O/c1-3-17-19(20(26)23-13-15-9-5-6-11-22-15)18(4-2)25(24-17)16-10-7-8-14(21)12-16/h5-12H,3-4,13H2,1-2H3,(H,23,26). The molecule has 1 aromatic carbocycles. The fourth-order valence-corrected chi connectivity index (χ4v) is 2.92. The molecular formula is C20H21FN4O. The number of carbonyl (C=O) groups is 1. The van der Waals surface area contributed by atoms with Crippen molar-refractivity contribution in [2.24, 2.45) is 0 Å². The van der Waals surface area contributed by atoms with E-state index in [-0.39, 0.29) is 11.7 Å². The van der Waals surface area contributed by atoms with Crippen molar-refractivity contribution in [2.45, 2.75) is 33.2 Å². The molecule has 3 aromatic rings.